The number of aliphatic carboxylic acids is 1. The molecule has 0 bridgehead atoms. The summed E-state index contributed by atoms with van der Waals surface area (Å²) in [5.41, 5.74) is -0.401. The van der Waals surface area contributed by atoms with Crippen molar-refractivity contribution in [1.82, 2.24) is 5.32 Å². The largest absolute Gasteiger partial charge is 0.480 e. The number of carboxylic acids is 1. The zero-order chi connectivity index (χ0) is 16.2. The molecule has 0 radical (unpaired) electrons. The quantitative estimate of drug-likeness (QED) is 0.793. The summed E-state index contributed by atoms with van der Waals surface area (Å²) in [7, 11) is -4.07. The summed E-state index contributed by atoms with van der Waals surface area (Å²) in [6, 6.07) is 0.691. The van der Waals surface area contributed by atoms with Crippen LogP contribution in [0.5, 0.6) is 0 Å². The van der Waals surface area contributed by atoms with Crippen molar-refractivity contribution in [2.24, 2.45) is 0 Å². The van der Waals surface area contributed by atoms with Gasteiger partial charge in [-0.15, -0.1) is 0 Å². The van der Waals surface area contributed by atoms with Gasteiger partial charge in [0.2, 0.25) is 5.91 Å². The lowest BCUT2D eigenvalue weighted by Gasteiger charge is -2.13. The first-order chi connectivity index (χ1) is 9.60. The van der Waals surface area contributed by atoms with Crippen molar-refractivity contribution in [3.8, 4) is 0 Å². The van der Waals surface area contributed by atoms with E-state index in [-0.39, 0.29) is 0 Å². The Kier molecular flexibility index (Phi) is 5.36. The fourth-order valence-electron chi connectivity index (χ4n) is 1.62. The lowest BCUT2D eigenvalue weighted by atomic mass is 10.2. The number of rotatable bonds is 6. The third-order valence-electron chi connectivity index (χ3n) is 2.48. The maximum Gasteiger partial charge on any atom is 0.327 e. The Morgan fingerprint density at radius 1 is 1.33 bits per heavy atom. The molecule has 0 spiro atoms. The fourth-order valence-corrected chi connectivity index (χ4v) is 3.17. The summed E-state index contributed by atoms with van der Waals surface area (Å²) in [4.78, 5) is 21.7. The smallest absolute Gasteiger partial charge is 0.327 e. The van der Waals surface area contributed by atoms with Crippen molar-refractivity contribution < 1.29 is 31.9 Å². The van der Waals surface area contributed by atoms with Gasteiger partial charge in [-0.25, -0.2) is 22.0 Å². The highest BCUT2D eigenvalue weighted by molar-refractivity contribution is 7.90. The molecule has 0 aliphatic heterocycles. The van der Waals surface area contributed by atoms with E-state index < -0.39 is 56.5 Å². The number of carbonyl (C=O) groups is 2. The van der Waals surface area contributed by atoms with E-state index in [1.807, 2.05) is 5.32 Å². The van der Waals surface area contributed by atoms with Crippen LogP contribution in [0.1, 0.15) is 12.5 Å². The molecule has 21 heavy (non-hydrogen) atoms. The molecule has 0 heterocycles. The third kappa shape index (κ3) is 5.46. The number of halogens is 2. The number of benzene rings is 1. The molecule has 0 fully saturated rings. The van der Waals surface area contributed by atoms with E-state index in [2.05, 4.69) is 0 Å². The standard InChI is InChI=1S/C12H13F2NO5S/c1-7(16)15-11(12(17)18)6-21(19,20)5-8-4-9(13)2-3-10(8)14/h2-4,11H,5-6H2,1H3,(H,15,16)(H,17,18)/t11-/m0/s1. The highest BCUT2D eigenvalue weighted by Gasteiger charge is 2.27. The van der Waals surface area contributed by atoms with Gasteiger partial charge in [0, 0.05) is 12.5 Å². The van der Waals surface area contributed by atoms with Gasteiger partial charge in [-0.2, -0.15) is 0 Å². The van der Waals surface area contributed by atoms with Crippen molar-refractivity contribution in [2.75, 3.05) is 5.75 Å². The van der Waals surface area contributed by atoms with Crippen LogP contribution in [0.25, 0.3) is 0 Å². The van der Waals surface area contributed by atoms with E-state index in [1.54, 1.807) is 0 Å². The molecule has 0 saturated heterocycles. The Labute approximate surface area is 119 Å². The second kappa shape index (κ2) is 6.61. The minimum absolute atomic E-state index is 0.401. The van der Waals surface area contributed by atoms with E-state index in [0.717, 1.165) is 25.1 Å². The third-order valence-corrected chi connectivity index (χ3v) is 4.07. The topological polar surface area (TPSA) is 101 Å². The first-order valence-electron chi connectivity index (χ1n) is 5.75. The van der Waals surface area contributed by atoms with E-state index >= 15 is 0 Å². The number of hydrogen-bond acceptors (Lipinski definition) is 4. The van der Waals surface area contributed by atoms with Crippen molar-refractivity contribution in [3.63, 3.8) is 0 Å². The highest BCUT2D eigenvalue weighted by Crippen LogP contribution is 2.14. The maximum atomic E-state index is 13.4. The van der Waals surface area contributed by atoms with Crippen molar-refractivity contribution in [1.29, 1.82) is 0 Å². The second-order valence-electron chi connectivity index (χ2n) is 4.38. The Hall–Kier alpha value is -2.03. The number of hydrogen-bond donors (Lipinski definition) is 2. The van der Waals surface area contributed by atoms with Crippen LogP contribution in [0.4, 0.5) is 8.78 Å². The molecule has 9 heteroatoms. The fraction of sp³-hybridized carbons (Fsp3) is 0.333. The Morgan fingerprint density at radius 2 is 1.95 bits per heavy atom. The van der Waals surface area contributed by atoms with Crippen LogP contribution in [0, 0.1) is 11.6 Å². The lowest BCUT2D eigenvalue weighted by molar-refractivity contribution is -0.140. The average molecular weight is 321 g/mol. The Morgan fingerprint density at radius 3 is 2.48 bits per heavy atom. The Balaban J connectivity index is 2.92. The zero-order valence-electron chi connectivity index (χ0n) is 11.0. The number of nitrogens with one attached hydrogen (secondary N) is 1. The molecule has 1 aromatic carbocycles. The van der Waals surface area contributed by atoms with Gasteiger partial charge in [0.1, 0.15) is 17.7 Å². The van der Waals surface area contributed by atoms with Gasteiger partial charge in [-0.05, 0) is 18.2 Å². The number of amides is 1. The molecule has 0 aromatic heterocycles. The van der Waals surface area contributed by atoms with Crippen LogP contribution in [-0.2, 0) is 25.2 Å². The van der Waals surface area contributed by atoms with Crippen LogP contribution in [-0.4, -0.2) is 37.2 Å². The molecule has 0 aliphatic carbocycles. The van der Waals surface area contributed by atoms with Gasteiger partial charge in [0.05, 0.1) is 11.5 Å². The van der Waals surface area contributed by atoms with E-state index in [9.17, 15) is 26.8 Å². The van der Waals surface area contributed by atoms with Crippen LogP contribution in [0.15, 0.2) is 18.2 Å². The summed E-state index contributed by atoms with van der Waals surface area (Å²) in [5, 5.41) is 10.8. The summed E-state index contributed by atoms with van der Waals surface area (Å²) in [6.45, 7) is 1.04. The lowest BCUT2D eigenvalue weighted by Crippen LogP contribution is -2.44. The normalized spacial score (nSPS) is 12.7. The van der Waals surface area contributed by atoms with Crippen molar-refractivity contribution >= 4 is 21.7 Å². The molecular formula is C12H13F2NO5S. The van der Waals surface area contributed by atoms with Crippen molar-refractivity contribution in [3.05, 3.63) is 35.4 Å². The zero-order valence-corrected chi connectivity index (χ0v) is 11.8. The molecule has 2 N–H and O–H groups in total. The predicted octanol–water partition coefficient (Wildman–Crippen LogP) is 0.469. The van der Waals surface area contributed by atoms with Gasteiger partial charge < -0.3 is 10.4 Å². The van der Waals surface area contributed by atoms with Gasteiger partial charge >= 0.3 is 5.97 Å². The van der Waals surface area contributed by atoms with E-state index in [4.69, 9.17) is 5.11 Å². The van der Waals surface area contributed by atoms with Crippen LogP contribution in [0.2, 0.25) is 0 Å². The maximum absolute atomic E-state index is 13.4. The minimum atomic E-state index is -4.07. The molecular weight excluding hydrogens is 308 g/mol. The number of sulfone groups is 1. The summed E-state index contributed by atoms with van der Waals surface area (Å²) in [5.74, 6) is -5.75. The first-order valence-corrected chi connectivity index (χ1v) is 7.57. The molecule has 1 aromatic rings. The summed E-state index contributed by atoms with van der Waals surface area (Å²) < 4.78 is 50.1. The van der Waals surface area contributed by atoms with Crippen LogP contribution < -0.4 is 5.32 Å². The molecule has 1 rings (SSSR count). The Bertz CT molecular complexity index is 660. The first kappa shape index (κ1) is 17.0. The number of carbonyl (C=O) groups excluding carboxylic acids is 1. The second-order valence-corrected chi connectivity index (χ2v) is 6.49. The van der Waals surface area contributed by atoms with Crippen LogP contribution >= 0.6 is 0 Å². The van der Waals surface area contributed by atoms with Gasteiger partial charge in [0.15, 0.2) is 9.84 Å². The van der Waals surface area contributed by atoms with E-state index in [1.165, 1.54) is 0 Å². The van der Waals surface area contributed by atoms with Gasteiger partial charge in [-0.3, -0.25) is 4.79 Å². The molecule has 6 nitrogen and oxygen atoms in total. The molecule has 0 saturated carbocycles. The molecule has 1 atom stereocenters. The number of carboxylic acid groups (broad SMARTS) is 1. The predicted molar refractivity (Wildman–Crippen MR) is 69.1 cm³/mol. The monoisotopic (exact) mass is 321 g/mol. The molecule has 0 aliphatic rings. The molecule has 1 amide bonds. The minimum Gasteiger partial charge on any atom is -0.480 e. The highest BCUT2D eigenvalue weighted by atomic mass is 32.2. The molecule has 0 unspecified atom stereocenters. The summed E-state index contributed by atoms with van der Waals surface area (Å²) >= 11 is 0. The van der Waals surface area contributed by atoms with Crippen molar-refractivity contribution in [2.45, 2.75) is 18.7 Å². The van der Waals surface area contributed by atoms with Gasteiger partial charge in [0.25, 0.3) is 0 Å². The summed E-state index contributed by atoms with van der Waals surface area (Å²) in [6.07, 6.45) is 0. The van der Waals surface area contributed by atoms with E-state index in [0.29, 0.717) is 0 Å². The van der Waals surface area contributed by atoms with Gasteiger partial charge in [-0.1, -0.05) is 0 Å². The van der Waals surface area contributed by atoms with Crippen LogP contribution in [0.3, 0.4) is 0 Å². The molecule has 116 valence electrons. The SMILES string of the molecule is CC(=O)N[C@@H](CS(=O)(=O)Cc1cc(F)ccc1F)C(=O)O. The average Bonchev–Trinajstić information content (AvgIpc) is 2.31.